The van der Waals surface area contributed by atoms with Gasteiger partial charge in [-0.3, -0.25) is 14.5 Å². The Morgan fingerprint density at radius 2 is 2.14 bits per heavy atom. The maximum Gasteiger partial charge on any atom is 0.246 e. The van der Waals surface area contributed by atoms with E-state index in [1.54, 1.807) is 22.8 Å². The van der Waals surface area contributed by atoms with Gasteiger partial charge in [0.25, 0.3) is 0 Å². The van der Waals surface area contributed by atoms with Crippen LogP contribution in [0.15, 0.2) is 47.7 Å². The number of H-pyrrole nitrogens is 1. The van der Waals surface area contributed by atoms with Gasteiger partial charge in [0, 0.05) is 44.6 Å². The van der Waals surface area contributed by atoms with E-state index in [4.69, 9.17) is 0 Å². The van der Waals surface area contributed by atoms with Gasteiger partial charge in [0.1, 0.15) is 6.54 Å². The van der Waals surface area contributed by atoms with Crippen molar-refractivity contribution >= 4 is 52.4 Å². The first-order valence-corrected chi connectivity index (χ1v) is 8.95. The quantitative estimate of drug-likeness (QED) is 0.332. The normalized spacial score (nSPS) is 15.1. The Morgan fingerprint density at radius 3 is 2.82 bits per heavy atom. The summed E-state index contributed by atoms with van der Waals surface area (Å²) < 4.78 is 1.70. The first kappa shape index (κ1) is 20.2. The van der Waals surface area contributed by atoms with Crippen molar-refractivity contribution in [3.63, 3.8) is 0 Å². The summed E-state index contributed by atoms with van der Waals surface area (Å²) in [5.41, 5.74) is 3.03. The van der Waals surface area contributed by atoms with Gasteiger partial charge in [-0.2, -0.15) is 5.10 Å². The number of carbonyl (C=O) groups excluding carboxylic acids is 1. The number of aryl methyl sites for hydroxylation is 1. The highest BCUT2D eigenvalue weighted by Crippen LogP contribution is 2.17. The Hall–Kier alpha value is -2.56. The number of nitrogens with one attached hydrogen (secondary N) is 2. The summed E-state index contributed by atoms with van der Waals surface area (Å²) in [6, 6.07) is 10.3. The number of piperazine rings is 1. The smallest absolute Gasteiger partial charge is 0.246 e. The molecule has 0 radical (unpaired) electrons. The first-order chi connectivity index (χ1) is 13.1. The van der Waals surface area contributed by atoms with Gasteiger partial charge < -0.3 is 20.1 Å². The van der Waals surface area contributed by atoms with Crippen molar-refractivity contribution in [1.82, 2.24) is 25.0 Å². The van der Waals surface area contributed by atoms with Crippen LogP contribution in [0.5, 0.6) is 0 Å². The van der Waals surface area contributed by atoms with Gasteiger partial charge in [-0.05, 0) is 17.5 Å². The van der Waals surface area contributed by atoms with Crippen molar-refractivity contribution in [3.8, 4) is 0 Å². The van der Waals surface area contributed by atoms with E-state index in [9.17, 15) is 4.79 Å². The lowest BCUT2D eigenvalue weighted by Crippen LogP contribution is -2.55. The van der Waals surface area contributed by atoms with Gasteiger partial charge in [0.05, 0.1) is 18.4 Å². The van der Waals surface area contributed by atoms with Crippen molar-refractivity contribution in [1.29, 1.82) is 0 Å². The molecule has 1 aromatic carbocycles. The van der Waals surface area contributed by atoms with Gasteiger partial charge in [-0.15, -0.1) is 24.0 Å². The zero-order valence-electron chi connectivity index (χ0n) is 15.9. The van der Waals surface area contributed by atoms with Gasteiger partial charge in [0.15, 0.2) is 5.96 Å². The molecule has 0 spiro atoms. The Labute approximate surface area is 180 Å². The zero-order chi connectivity index (χ0) is 18.8. The lowest BCUT2D eigenvalue weighted by molar-refractivity contribution is -0.120. The monoisotopic (exact) mass is 493 g/mol. The number of para-hydroxylation sites is 1. The second-order valence-electron chi connectivity index (χ2n) is 6.62. The van der Waals surface area contributed by atoms with Crippen LogP contribution in [0.4, 0.5) is 5.69 Å². The first-order valence-electron chi connectivity index (χ1n) is 8.95. The number of amides is 1. The Balaban J connectivity index is 0.00000225. The molecule has 1 saturated heterocycles. The van der Waals surface area contributed by atoms with E-state index in [0.717, 1.165) is 22.9 Å². The molecule has 1 aliphatic heterocycles. The van der Waals surface area contributed by atoms with Crippen LogP contribution < -0.4 is 10.2 Å². The van der Waals surface area contributed by atoms with Crippen molar-refractivity contribution in [3.05, 3.63) is 48.4 Å². The lowest BCUT2D eigenvalue weighted by atomic mass is 10.2. The molecule has 1 aliphatic rings. The van der Waals surface area contributed by atoms with E-state index >= 15 is 0 Å². The summed E-state index contributed by atoms with van der Waals surface area (Å²) in [6.45, 7) is 2.24. The third-order valence-corrected chi connectivity index (χ3v) is 4.76. The van der Waals surface area contributed by atoms with E-state index in [0.29, 0.717) is 26.2 Å². The van der Waals surface area contributed by atoms with Crippen molar-refractivity contribution in [2.24, 2.45) is 12.0 Å². The van der Waals surface area contributed by atoms with Crippen LogP contribution in [0.3, 0.4) is 0 Å². The van der Waals surface area contributed by atoms with E-state index in [1.807, 2.05) is 30.3 Å². The number of nitrogens with zero attached hydrogens (tertiary/aromatic N) is 5. The van der Waals surface area contributed by atoms with Crippen LogP contribution in [0, 0.1) is 0 Å². The third kappa shape index (κ3) is 4.13. The van der Waals surface area contributed by atoms with Gasteiger partial charge >= 0.3 is 0 Å². The van der Waals surface area contributed by atoms with Crippen LogP contribution in [0.1, 0.15) is 5.69 Å². The topological polar surface area (TPSA) is 81.6 Å². The average Bonchev–Trinajstić information content (AvgIpc) is 3.28. The molecule has 0 bridgehead atoms. The molecule has 0 aliphatic carbocycles. The summed E-state index contributed by atoms with van der Waals surface area (Å²) in [7, 11) is 3.59. The highest BCUT2D eigenvalue weighted by Gasteiger charge is 2.27. The second-order valence-corrected chi connectivity index (χ2v) is 6.62. The third-order valence-electron chi connectivity index (χ3n) is 4.76. The van der Waals surface area contributed by atoms with E-state index in [2.05, 4.69) is 38.6 Å². The molecule has 0 atom stereocenters. The highest BCUT2D eigenvalue weighted by atomic mass is 127. The average molecular weight is 493 g/mol. The molecule has 1 amide bonds. The molecule has 9 heteroatoms. The molecular weight excluding hydrogens is 469 g/mol. The maximum absolute atomic E-state index is 12.6. The molecule has 28 heavy (non-hydrogen) atoms. The number of benzene rings is 1. The largest absolute Gasteiger partial charge is 0.357 e. The molecule has 0 saturated carbocycles. The maximum atomic E-state index is 12.6. The number of halogens is 1. The summed E-state index contributed by atoms with van der Waals surface area (Å²) in [5.74, 6) is 0.774. The van der Waals surface area contributed by atoms with Crippen LogP contribution in [-0.2, 0) is 18.4 Å². The predicted molar refractivity (Wildman–Crippen MR) is 121 cm³/mol. The van der Waals surface area contributed by atoms with Crippen molar-refractivity contribution in [2.75, 3.05) is 31.6 Å². The fraction of sp³-hybridized carbons (Fsp3) is 0.316. The SMILES string of the molecule is CN=C(NCc1cc2ccccc2[nH]1)N1CCN(c2cnn(C)c2)C(=O)C1.I. The zero-order valence-corrected chi connectivity index (χ0v) is 18.3. The van der Waals surface area contributed by atoms with Gasteiger partial charge in [-0.1, -0.05) is 18.2 Å². The predicted octanol–water partition coefficient (Wildman–Crippen LogP) is 1.94. The number of carbonyl (C=O) groups is 1. The lowest BCUT2D eigenvalue weighted by Gasteiger charge is -2.35. The van der Waals surface area contributed by atoms with E-state index in [-0.39, 0.29) is 29.9 Å². The van der Waals surface area contributed by atoms with E-state index in [1.165, 1.54) is 5.39 Å². The second kappa shape index (κ2) is 8.63. The van der Waals surface area contributed by atoms with Gasteiger partial charge in [0.2, 0.25) is 5.91 Å². The number of fused-ring (bicyclic) bond motifs is 1. The number of rotatable bonds is 3. The van der Waals surface area contributed by atoms with Crippen molar-refractivity contribution in [2.45, 2.75) is 6.54 Å². The molecule has 4 rings (SSSR count). The fourth-order valence-corrected chi connectivity index (χ4v) is 3.41. The molecular formula is C19H24IN7O. The fourth-order valence-electron chi connectivity index (χ4n) is 3.41. The number of aliphatic imine (C=N–C) groups is 1. The molecule has 2 N–H and O–H groups in total. The molecule has 2 aromatic heterocycles. The molecule has 3 aromatic rings. The Bertz CT molecular complexity index is 960. The molecule has 0 unspecified atom stereocenters. The summed E-state index contributed by atoms with van der Waals surface area (Å²) in [6.07, 6.45) is 3.58. The minimum atomic E-state index is 0. The minimum absolute atomic E-state index is 0. The highest BCUT2D eigenvalue weighted by molar-refractivity contribution is 14.0. The number of aromatic amines is 1. The number of hydrogen-bond donors (Lipinski definition) is 2. The molecule has 148 valence electrons. The summed E-state index contributed by atoms with van der Waals surface area (Å²) >= 11 is 0. The van der Waals surface area contributed by atoms with Crippen LogP contribution in [-0.4, -0.2) is 58.2 Å². The minimum Gasteiger partial charge on any atom is -0.357 e. The number of aromatic nitrogens is 3. The molecule has 8 nitrogen and oxygen atoms in total. The van der Waals surface area contributed by atoms with Crippen LogP contribution >= 0.6 is 24.0 Å². The van der Waals surface area contributed by atoms with Crippen LogP contribution in [0.2, 0.25) is 0 Å². The van der Waals surface area contributed by atoms with E-state index < -0.39 is 0 Å². The Kier molecular flexibility index (Phi) is 6.22. The van der Waals surface area contributed by atoms with Crippen LogP contribution in [0.25, 0.3) is 10.9 Å². The number of hydrogen-bond acceptors (Lipinski definition) is 3. The summed E-state index contributed by atoms with van der Waals surface area (Å²) in [5, 5.41) is 8.69. The number of anilines is 1. The number of guanidine groups is 1. The van der Waals surface area contributed by atoms with Gasteiger partial charge in [-0.25, -0.2) is 0 Å². The van der Waals surface area contributed by atoms with Crippen molar-refractivity contribution < 1.29 is 4.79 Å². The molecule has 3 heterocycles. The molecule has 1 fully saturated rings. The Morgan fingerprint density at radius 1 is 1.32 bits per heavy atom. The summed E-state index contributed by atoms with van der Waals surface area (Å²) in [4.78, 5) is 24.1. The standard InChI is InChI=1S/C19H23N7O.HI/c1-20-19(21-10-15-9-14-5-3-4-6-17(14)23-15)25-7-8-26(18(27)13-25)16-11-22-24(2)12-16;/h3-6,9,11-12,23H,7-8,10,13H2,1-2H3,(H,20,21);1H.